The van der Waals surface area contributed by atoms with E-state index in [2.05, 4.69) is 11.4 Å². The molecule has 0 unspecified atom stereocenters. The highest BCUT2D eigenvalue weighted by Gasteiger charge is 2.61. The molecule has 4 rings (SSSR count). The van der Waals surface area contributed by atoms with Gasteiger partial charge in [-0.3, -0.25) is 9.59 Å². The van der Waals surface area contributed by atoms with Crippen molar-refractivity contribution < 1.29 is 24.2 Å². The number of amides is 1. The molecule has 1 saturated carbocycles. The van der Waals surface area contributed by atoms with E-state index in [9.17, 15) is 24.8 Å². The third-order valence-electron chi connectivity index (χ3n) is 6.75. The first-order valence-electron chi connectivity index (χ1n) is 11.2. The summed E-state index contributed by atoms with van der Waals surface area (Å²) in [6.07, 6.45) is 3.78. The van der Waals surface area contributed by atoms with E-state index in [1.54, 1.807) is 31.2 Å². The monoisotopic (exact) mass is 446 g/mol. The number of carboxylic acids is 1. The zero-order valence-corrected chi connectivity index (χ0v) is 18.5. The standard InChI is InChI=1S/C26H26N2O5/c1-2-33-23(29)5-3-4-18-7-6-16(15-27)12-22(18)28-24(30)21-14-26(21)11-10-17-8-9-19(25(31)32)13-20(17)26/h6-9,12-13,21H,2-5,10-11,14H2,1H3,(H,28,30)(H,31,32)/t21-,26-/m0/s1. The number of nitrogens with one attached hydrogen (secondary N) is 1. The molecule has 0 saturated heterocycles. The quantitative estimate of drug-likeness (QED) is 0.593. The number of fused-ring (bicyclic) bond motifs is 2. The van der Waals surface area contributed by atoms with Gasteiger partial charge in [-0.1, -0.05) is 12.1 Å². The molecule has 2 aromatic carbocycles. The van der Waals surface area contributed by atoms with Crippen molar-refractivity contribution in [2.45, 2.75) is 50.9 Å². The highest BCUT2D eigenvalue weighted by atomic mass is 16.5. The summed E-state index contributed by atoms with van der Waals surface area (Å²) in [7, 11) is 0. The topological polar surface area (TPSA) is 116 Å². The van der Waals surface area contributed by atoms with Crippen molar-refractivity contribution in [1.29, 1.82) is 5.26 Å². The molecule has 0 aliphatic heterocycles. The van der Waals surface area contributed by atoms with Crippen LogP contribution in [0, 0.1) is 17.2 Å². The maximum atomic E-state index is 13.2. The van der Waals surface area contributed by atoms with Gasteiger partial charge in [0.25, 0.3) is 0 Å². The molecule has 2 N–H and O–H groups in total. The fourth-order valence-electron chi connectivity index (χ4n) is 4.96. The van der Waals surface area contributed by atoms with Crippen molar-refractivity contribution in [3.05, 3.63) is 64.2 Å². The van der Waals surface area contributed by atoms with E-state index in [1.165, 1.54) is 0 Å². The second-order valence-electron chi connectivity index (χ2n) is 8.72. The first kappa shape index (κ1) is 22.5. The van der Waals surface area contributed by atoms with Gasteiger partial charge in [-0.15, -0.1) is 0 Å². The number of aromatic carboxylic acids is 1. The van der Waals surface area contributed by atoms with Crippen LogP contribution in [0.15, 0.2) is 36.4 Å². The van der Waals surface area contributed by atoms with E-state index in [1.807, 2.05) is 12.1 Å². The number of rotatable bonds is 8. The Morgan fingerprint density at radius 3 is 2.79 bits per heavy atom. The molecule has 33 heavy (non-hydrogen) atoms. The van der Waals surface area contributed by atoms with E-state index in [0.717, 1.165) is 29.5 Å². The minimum absolute atomic E-state index is 0.120. The predicted octanol–water partition coefficient (Wildman–Crippen LogP) is 3.98. The number of carboxylic acid groups (broad SMARTS) is 1. The molecular formula is C26H26N2O5. The number of hydrogen-bond acceptors (Lipinski definition) is 5. The van der Waals surface area contributed by atoms with Crippen LogP contribution in [-0.4, -0.2) is 29.6 Å². The predicted molar refractivity (Wildman–Crippen MR) is 121 cm³/mol. The van der Waals surface area contributed by atoms with Gasteiger partial charge < -0.3 is 15.2 Å². The fourth-order valence-corrected chi connectivity index (χ4v) is 4.96. The minimum Gasteiger partial charge on any atom is -0.478 e. The Balaban J connectivity index is 1.49. The molecule has 1 amide bonds. The lowest BCUT2D eigenvalue weighted by molar-refractivity contribution is -0.143. The van der Waals surface area contributed by atoms with E-state index in [0.29, 0.717) is 37.1 Å². The van der Waals surface area contributed by atoms with Crippen molar-refractivity contribution >= 4 is 23.5 Å². The summed E-state index contributed by atoms with van der Waals surface area (Å²) in [6, 6.07) is 12.5. The zero-order valence-electron chi connectivity index (χ0n) is 18.5. The number of carbonyl (C=O) groups excluding carboxylic acids is 2. The number of anilines is 1. The van der Waals surface area contributed by atoms with Crippen LogP contribution in [0.25, 0.3) is 0 Å². The molecule has 2 aromatic rings. The average molecular weight is 447 g/mol. The summed E-state index contributed by atoms with van der Waals surface area (Å²) in [5.74, 6) is -1.58. The van der Waals surface area contributed by atoms with Crippen LogP contribution in [0.3, 0.4) is 0 Å². The maximum Gasteiger partial charge on any atom is 0.335 e. The number of ether oxygens (including phenoxy) is 1. The Morgan fingerprint density at radius 1 is 1.24 bits per heavy atom. The van der Waals surface area contributed by atoms with E-state index < -0.39 is 5.97 Å². The molecule has 0 aromatic heterocycles. The lowest BCUT2D eigenvalue weighted by atomic mass is 9.93. The minimum atomic E-state index is -0.970. The van der Waals surface area contributed by atoms with Crippen molar-refractivity contribution in [3.8, 4) is 6.07 Å². The fraction of sp³-hybridized carbons (Fsp3) is 0.385. The Labute approximate surface area is 192 Å². The van der Waals surface area contributed by atoms with Crippen LogP contribution in [0.1, 0.15) is 65.2 Å². The summed E-state index contributed by atoms with van der Waals surface area (Å²) in [6.45, 7) is 2.11. The van der Waals surface area contributed by atoms with Gasteiger partial charge in [-0.2, -0.15) is 5.26 Å². The maximum absolute atomic E-state index is 13.2. The van der Waals surface area contributed by atoms with Crippen molar-refractivity contribution in [2.24, 2.45) is 5.92 Å². The number of hydrogen-bond donors (Lipinski definition) is 2. The normalized spacial score (nSPS) is 20.1. The van der Waals surface area contributed by atoms with Gasteiger partial charge in [0.05, 0.1) is 23.8 Å². The summed E-state index contributed by atoms with van der Waals surface area (Å²) >= 11 is 0. The number of carbonyl (C=O) groups is 3. The van der Waals surface area contributed by atoms with Gasteiger partial charge in [0, 0.05) is 23.4 Å². The van der Waals surface area contributed by atoms with E-state index >= 15 is 0 Å². The van der Waals surface area contributed by atoms with E-state index in [-0.39, 0.29) is 35.2 Å². The first-order chi connectivity index (χ1) is 15.9. The number of nitriles is 1. The summed E-state index contributed by atoms with van der Waals surface area (Å²) in [5.41, 5.74) is 3.92. The molecule has 2 aliphatic rings. The molecule has 1 spiro atoms. The van der Waals surface area contributed by atoms with E-state index in [4.69, 9.17) is 4.74 Å². The Bertz CT molecular complexity index is 1170. The summed E-state index contributed by atoms with van der Waals surface area (Å²) in [4.78, 5) is 36.2. The number of benzene rings is 2. The number of nitrogens with zero attached hydrogens (tertiary/aromatic N) is 1. The first-order valence-corrected chi connectivity index (χ1v) is 11.2. The van der Waals surface area contributed by atoms with Crippen LogP contribution >= 0.6 is 0 Å². The third-order valence-corrected chi connectivity index (χ3v) is 6.75. The molecule has 7 nitrogen and oxygen atoms in total. The van der Waals surface area contributed by atoms with Gasteiger partial charge >= 0.3 is 11.9 Å². The summed E-state index contributed by atoms with van der Waals surface area (Å²) in [5, 5.41) is 21.7. The number of aryl methyl sites for hydroxylation is 2. The Kier molecular flexibility index (Phi) is 6.19. The summed E-state index contributed by atoms with van der Waals surface area (Å²) < 4.78 is 4.97. The molecule has 0 radical (unpaired) electrons. The van der Waals surface area contributed by atoms with Crippen LogP contribution in [0.2, 0.25) is 0 Å². The molecule has 0 bridgehead atoms. The van der Waals surface area contributed by atoms with Crippen molar-refractivity contribution in [1.82, 2.24) is 0 Å². The molecule has 170 valence electrons. The Morgan fingerprint density at radius 2 is 2.06 bits per heavy atom. The molecule has 2 atom stereocenters. The average Bonchev–Trinajstić information content (AvgIpc) is 3.43. The highest BCUT2D eigenvalue weighted by Crippen LogP contribution is 2.61. The highest BCUT2D eigenvalue weighted by molar-refractivity contribution is 5.97. The van der Waals surface area contributed by atoms with Crippen molar-refractivity contribution in [3.63, 3.8) is 0 Å². The lowest BCUT2D eigenvalue weighted by Crippen LogP contribution is -2.21. The molecule has 0 heterocycles. The second kappa shape index (κ2) is 9.07. The van der Waals surface area contributed by atoms with Crippen LogP contribution < -0.4 is 5.32 Å². The molecule has 2 aliphatic carbocycles. The lowest BCUT2D eigenvalue weighted by Gasteiger charge is -2.15. The van der Waals surface area contributed by atoms with Gasteiger partial charge in [-0.25, -0.2) is 4.79 Å². The molecule has 1 fully saturated rings. The third kappa shape index (κ3) is 4.47. The second-order valence-corrected chi connectivity index (χ2v) is 8.72. The van der Waals surface area contributed by atoms with Crippen LogP contribution in [0.4, 0.5) is 5.69 Å². The van der Waals surface area contributed by atoms with Crippen LogP contribution in [-0.2, 0) is 32.6 Å². The van der Waals surface area contributed by atoms with Gasteiger partial charge in [0.2, 0.25) is 5.91 Å². The number of esters is 1. The van der Waals surface area contributed by atoms with Gasteiger partial charge in [-0.05, 0) is 80.0 Å². The van der Waals surface area contributed by atoms with Crippen molar-refractivity contribution in [2.75, 3.05) is 11.9 Å². The Hall–Kier alpha value is -3.66. The van der Waals surface area contributed by atoms with Gasteiger partial charge in [0.1, 0.15) is 0 Å². The zero-order chi connectivity index (χ0) is 23.6. The van der Waals surface area contributed by atoms with Crippen LogP contribution in [0.5, 0.6) is 0 Å². The molecule has 7 heteroatoms. The molecular weight excluding hydrogens is 420 g/mol. The van der Waals surface area contributed by atoms with Gasteiger partial charge in [0.15, 0.2) is 0 Å². The smallest absolute Gasteiger partial charge is 0.335 e. The SMILES string of the molecule is CCOC(=O)CCCc1ccc(C#N)cc1NC(=O)[C@@H]1C[C@]12CCc1ccc(C(=O)O)cc12. The largest absolute Gasteiger partial charge is 0.478 e.